The van der Waals surface area contributed by atoms with Crippen molar-refractivity contribution in [2.75, 3.05) is 25.0 Å². The van der Waals surface area contributed by atoms with Gasteiger partial charge in [-0.15, -0.1) is 0 Å². The summed E-state index contributed by atoms with van der Waals surface area (Å²) in [5, 5.41) is 6.10. The van der Waals surface area contributed by atoms with Crippen molar-refractivity contribution in [1.29, 1.82) is 0 Å². The number of urea groups is 1. The fraction of sp³-hybridized carbons (Fsp3) is 0.452. The fourth-order valence-corrected chi connectivity index (χ4v) is 9.61. The molecule has 0 saturated carbocycles. The summed E-state index contributed by atoms with van der Waals surface area (Å²) in [7, 11) is -4.51. The number of halogens is 2. The molecular formula is C42H48BrClN10O10S. The number of nitrogens with one attached hydrogen (secondary N) is 4. The topological polar surface area (TPSA) is 253 Å². The highest BCUT2D eigenvalue weighted by Crippen LogP contribution is 2.28. The highest BCUT2D eigenvalue weighted by atomic mass is 79.9. The van der Waals surface area contributed by atoms with Gasteiger partial charge in [-0.3, -0.25) is 24.3 Å². The lowest BCUT2D eigenvalue weighted by Crippen LogP contribution is -2.56. The van der Waals surface area contributed by atoms with Crippen LogP contribution in [0.4, 0.5) is 20.2 Å². The molecule has 2 aromatic heterocycles. The van der Waals surface area contributed by atoms with Gasteiger partial charge in [0.25, 0.3) is 11.5 Å². The van der Waals surface area contributed by atoms with Crippen LogP contribution in [0.15, 0.2) is 64.4 Å². The number of ether oxygens (including phenoxy) is 2. The standard InChI is InChI=1S/C42H48BrClN10O10S/c1-42(2,3)64-41(60)54-14-6-9-34(33(54)19-28(55)22-53-23-47-32-21-30(43)31(44)20-29(32)38(53)57)63-40(59)51-65(61,62)50-26-10-15-52(16-11-26)39(58)49-36-35(45-12-13-46-36)37(56)48-27-17-24-7-4-5-8-25(24)18-27/h4-5,7-8,12-13,20-21,23,26-27,33-34,50H,6,9-11,14-19,22H2,1-3H3,(H,48,56)(H,51,59)(H,46,49,58)/t33-,34+/m0/s1. The minimum Gasteiger partial charge on any atom is -0.444 e. The van der Waals surface area contributed by atoms with Gasteiger partial charge in [-0.05, 0) is 98.5 Å². The van der Waals surface area contributed by atoms with Crippen LogP contribution in [0, 0.1) is 0 Å². The van der Waals surface area contributed by atoms with Gasteiger partial charge in [0.15, 0.2) is 17.3 Å². The molecule has 346 valence electrons. The Balaban J connectivity index is 0.930. The van der Waals surface area contributed by atoms with E-state index in [-0.39, 0.29) is 73.3 Å². The first-order chi connectivity index (χ1) is 30.8. The van der Waals surface area contributed by atoms with Crippen LogP contribution in [0.5, 0.6) is 0 Å². The largest absolute Gasteiger partial charge is 0.444 e. The zero-order valence-electron chi connectivity index (χ0n) is 35.7. The molecule has 65 heavy (non-hydrogen) atoms. The molecule has 0 spiro atoms. The first kappa shape index (κ1) is 47.3. The number of carbonyl (C=O) groups is 5. The van der Waals surface area contributed by atoms with Gasteiger partial charge in [0.2, 0.25) is 0 Å². The Hall–Kier alpha value is -5.71. The van der Waals surface area contributed by atoms with Gasteiger partial charge >= 0.3 is 28.4 Å². The smallest absolute Gasteiger partial charge is 0.422 e. The van der Waals surface area contributed by atoms with Gasteiger partial charge in [-0.25, -0.2) is 34.1 Å². The zero-order chi connectivity index (χ0) is 46.6. The Kier molecular flexibility index (Phi) is 14.4. The van der Waals surface area contributed by atoms with E-state index in [0.717, 1.165) is 15.7 Å². The number of piperidine rings is 2. The summed E-state index contributed by atoms with van der Waals surface area (Å²) in [4.78, 5) is 95.3. The number of hydrogen-bond acceptors (Lipinski definition) is 13. The number of Topliss-reactive ketones (excluding diaryl/α,β-unsaturated/α-hetero) is 1. The predicted octanol–water partition coefficient (Wildman–Crippen LogP) is 4.48. The average molecular weight is 1000 g/mol. The van der Waals surface area contributed by atoms with E-state index in [2.05, 4.69) is 46.2 Å². The lowest BCUT2D eigenvalue weighted by molar-refractivity contribution is -0.122. The quantitative estimate of drug-likeness (QED) is 0.162. The zero-order valence-corrected chi connectivity index (χ0v) is 38.9. The van der Waals surface area contributed by atoms with Gasteiger partial charge in [0.05, 0.1) is 34.8 Å². The Labute approximate surface area is 387 Å². The summed E-state index contributed by atoms with van der Waals surface area (Å²) in [5.74, 6) is -1.01. The molecule has 0 radical (unpaired) electrons. The normalized spacial score (nSPS) is 18.2. The van der Waals surface area contributed by atoms with Crippen molar-refractivity contribution in [3.8, 4) is 0 Å². The SMILES string of the molecule is CC(C)(C)OC(=O)N1CCC[C@@H](OC(=O)NS(=O)(=O)NC2CCN(C(=O)Nc3nccnc3C(=O)NC3Cc4ccccc4C3)CC2)[C@@H]1CC(=O)Cn1cnc2cc(Br)c(Cl)cc2c1=O. The summed E-state index contributed by atoms with van der Waals surface area (Å²) >= 11 is 9.51. The third kappa shape index (κ3) is 12.0. The molecule has 4 N–H and O–H groups in total. The van der Waals surface area contributed by atoms with Gasteiger partial charge in [-0.2, -0.15) is 13.1 Å². The van der Waals surface area contributed by atoms with Crippen molar-refractivity contribution in [1.82, 2.24) is 44.1 Å². The molecule has 1 aliphatic carbocycles. The summed E-state index contributed by atoms with van der Waals surface area (Å²) in [6.07, 6.45) is 2.53. The fourth-order valence-electron chi connectivity index (χ4n) is 8.11. The van der Waals surface area contributed by atoms with Crippen molar-refractivity contribution >= 4 is 84.4 Å². The van der Waals surface area contributed by atoms with Crippen molar-refractivity contribution in [2.24, 2.45) is 0 Å². The number of carbonyl (C=O) groups excluding carboxylic acids is 5. The second-order valence-electron chi connectivity index (χ2n) is 17.0. The van der Waals surface area contributed by atoms with Crippen molar-refractivity contribution in [2.45, 2.75) is 102 Å². The Morgan fingerprint density at radius 2 is 1.63 bits per heavy atom. The number of aromatic nitrogens is 4. The second kappa shape index (κ2) is 19.8. The van der Waals surface area contributed by atoms with Crippen LogP contribution in [0.2, 0.25) is 5.02 Å². The average Bonchev–Trinajstić information content (AvgIpc) is 3.65. The van der Waals surface area contributed by atoms with E-state index >= 15 is 0 Å². The monoisotopic (exact) mass is 998 g/mol. The molecule has 4 heterocycles. The molecule has 2 fully saturated rings. The summed E-state index contributed by atoms with van der Waals surface area (Å²) < 4.78 is 43.5. The van der Waals surface area contributed by atoms with E-state index < -0.39 is 76.0 Å². The summed E-state index contributed by atoms with van der Waals surface area (Å²) in [6.45, 7) is 4.98. The Morgan fingerprint density at radius 1 is 0.938 bits per heavy atom. The maximum atomic E-state index is 13.6. The number of fused-ring (bicyclic) bond motifs is 2. The minimum atomic E-state index is -4.51. The molecule has 23 heteroatoms. The first-order valence-corrected chi connectivity index (χ1v) is 23.6. The van der Waals surface area contributed by atoms with E-state index in [1.165, 1.54) is 34.6 Å². The second-order valence-corrected chi connectivity index (χ2v) is 19.8. The first-order valence-electron chi connectivity index (χ1n) is 20.9. The minimum absolute atomic E-state index is 0.0213. The van der Waals surface area contributed by atoms with Crippen LogP contribution in [0.1, 0.15) is 74.5 Å². The van der Waals surface area contributed by atoms with Crippen LogP contribution in [0.3, 0.4) is 0 Å². The number of ketones is 1. The number of benzene rings is 2. The number of nitrogens with zero attached hydrogens (tertiary/aromatic N) is 6. The Bertz CT molecular complexity index is 2650. The van der Waals surface area contributed by atoms with Crippen molar-refractivity contribution in [3.63, 3.8) is 0 Å². The van der Waals surface area contributed by atoms with Crippen LogP contribution >= 0.6 is 27.5 Å². The number of anilines is 1. The molecular weight excluding hydrogens is 952 g/mol. The highest BCUT2D eigenvalue weighted by Gasteiger charge is 2.41. The molecule has 0 bridgehead atoms. The Morgan fingerprint density at radius 3 is 2.32 bits per heavy atom. The molecule has 2 atom stereocenters. The van der Waals surface area contributed by atoms with Crippen LogP contribution in [-0.4, -0.2) is 117 Å². The molecule has 5 amide bonds. The molecule has 2 aromatic carbocycles. The van der Waals surface area contributed by atoms with Gasteiger partial charge in [0, 0.05) is 55.0 Å². The molecule has 4 aromatic rings. The summed E-state index contributed by atoms with van der Waals surface area (Å²) in [5.41, 5.74) is 1.21. The van der Waals surface area contributed by atoms with Crippen LogP contribution in [0.25, 0.3) is 10.9 Å². The van der Waals surface area contributed by atoms with E-state index in [9.17, 15) is 37.2 Å². The van der Waals surface area contributed by atoms with Crippen LogP contribution < -0.4 is 25.6 Å². The maximum Gasteiger partial charge on any atom is 0.422 e. The van der Waals surface area contributed by atoms with Gasteiger partial charge in [-0.1, -0.05) is 35.9 Å². The molecule has 0 unspecified atom stereocenters. The number of likely N-dealkylation sites (tertiary alicyclic amines) is 2. The van der Waals surface area contributed by atoms with E-state index in [4.69, 9.17) is 21.1 Å². The van der Waals surface area contributed by atoms with Crippen molar-refractivity contribution in [3.05, 3.63) is 91.8 Å². The van der Waals surface area contributed by atoms with E-state index in [0.29, 0.717) is 29.3 Å². The number of hydrogen-bond donors (Lipinski definition) is 4. The highest BCUT2D eigenvalue weighted by molar-refractivity contribution is 9.10. The number of amides is 5. The molecule has 3 aliphatic rings. The molecule has 2 saturated heterocycles. The third-order valence-corrected chi connectivity index (χ3v) is 13.4. The molecule has 2 aliphatic heterocycles. The molecule has 20 nitrogen and oxygen atoms in total. The third-order valence-electron chi connectivity index (χ3n) is 11.1. The van der Waals surface area contributed by atoms with E-state index in [1.807, 2.05) is 29.0 Å². The predicted molar refractivity (Wildman–Crippen MR) is 241 cm³/mol. The molecule has 7 rings (SSSR count). The van der Waals surface area contributed by atoms with Gasteiger partial charge in [0.1, 0.15) is 11.7 Å². The number of rotatable bonds is 11. The summed E-state index contributed by atoms with van der Waals surface area (Å²) in [6, 6.07) is 8.52. The van der Waals surface area contributed by atoms with Gasteiger partial charge < -0.3 is 24.6 Å². The van der Waals surface area contributed by atoms with E-state index in [1.54, 1.807) is 26.8 Å². The lowest BCUT2D eigenvalue weighted by Gasteiger charge is -2.40. The maximum absolute atomic E-state index is 13.6. The van der Waals surface area contributed by atoms with Crippen molar-refractivity contribution < 1.29 is 41.9 Å². The van der Waals surface area contributed by atoms with Crippen LogP contribution in [-0.2, 0) is 43.9 Å². The lowest BCUT2D eigenvalue weighted by atomic mass is 9.94.